The maximum atomic E-state index is 12.9. The van der Waals surface area contributed by atoms with Crippen molar-refractivity contribution in [2.45, 2.75) is 32.0 Å². The van der Waals surface area contributed by atoms with E-state index in [4.69, 9.17) is 9.84 Å². The molecule has 1 aliphatic carbocycles. The summed E-state index contributed by atoms with van der Waals surface area (Å²) in [5.41, 5.74) is -0.741. The number of hydrogen-bond donors (Lipinski definition) is 1. The summed E-state index contributed by atoms with van der Waals surface area (Å²) in [5.74, 6) is -0.331. The SMILES string of the molecule is Cc1cc(OC2C[C@@H]3CN(C(=O)n4ccc(C(=O)O)n4)C[C@@H]3C2)ccc1C(F)(F)F. The third kappa shape index (κ3) is 3.86. The maximum Gasteiger partial charge on any atom is 0.416 e. The average Bonchev–Trinajstić information content (AvgIpc) is 3.34. The second-order valence-electron chi connectivity index (χ2n) is 7.84. The number of rotatable bonds is 3. The van der Waals surface area contributed by atoms with E-state index in [2.05, 4.69) is 5.10 Å². The van der Waals surface area contributed by atoms with Crippen molar-refractivity contribution >= 4 is 12.0 Å². The number of hydrogen-bond acceptors (Lipinski definition) is 4. The van der Waals surface area contributed by atoms with E-state index in [9.17, 15) is 22.8 Å². The normalized spacial score (nSPS) is 23.5. The average molecular weight is 423 g/mol. The van der Waals surface area contributed by atoms with E-state index in [0.717, 1.165) is 10.7 Å². The van der Waals surface area contributed by atoms with Gasteiger partial charge in [0.05, 0.1) is 11.7 Å². The first-order valence-electron chi connectivity index (χ1n) is 9.54. The summed E-state index contributed by atoms with van der Waals surface area (Å²) in [7, 11) is 0. The van der Waals surface area contributed by atoms with Gasteiger partial charge in [-0.05, 0) is 61.4 Å². The van der Waals surface area contributed by atoms with Gasteiger partial charge in [-0.3, -0.25) is 0 Å². The van der Waals surface area contributed by atoms with Crippen LogP contribution in [0.3, 0.4) is 0 Å². The summed E-state index contributed by atoms with van der Waals surface area (Å²) in [5, 5.41) is 12.7. The van der Waals surface area contributed by atoms with Crippen molar-refractivity contribution in [1.82, 2.24) is 14.7 Å². The number of aromatic carboxylic acids is 1. The molecule has 1 unspecified atom stereocenters. The zero-order valence-corrected chi connectivity index (χ0v) is 16.1. The molecule has 10 heteroatoms. The molecule has 1 amide bonds. The van der Waals surface area contributed by atoms with Crippen molar-refractivity contribution < 1.29 is 32.6 Å². The fourth-order valence-electron chi connectivity index (χ4n) is 4.41. The van der Waals surface area contributed by atoms with Crippen LogP contribution in [0.15, 0.2) is 30.5 Å². The lowest BCUT2D eigenvalue weighted by Gasteiger charge is -2.20. The summed E-state index contributed by atoms with van der Waals surface area (Å²) in [6.07, 6.45) is -1.76. The Kier molecular flexibility index (Phi) is 4.95. The van der Waals surface area contributed by atoms with Gasteiger partial charge in [0, 0.05) is 19.3 Å². The third-order valence-corrected chi connectivity index (χ3v) is 5.79. The number of halogens is 3. The molecule has 1 aromatic heterocycles. The quantitative estimate of drug-likeness (QED) is 0.815. The van der Waals surface area contributed by atoms with Gasteiger partial charge in [-0.1, -0.05) is 0 Å². The molecule has 0 bridgehead atoms. The molecule has 30 heavy (non-hydrogen) atoms. The van der Waals surface area contributed by atoms with Crippen molar-refractivity contribution in [3.05, 3.63) is 47.3 Å². The fourth-order valence-corrected chi connectivity index (χ4v) is 4.41. The van der Waals surface area contributed by atoms with Gasteiger partial charge in [0.1, 0.15) is 5.75 Å². The van der Waals surface area contributed by atoms with Crippen molar-refractivity contribution in [2.24, 2.45) is 11.8 Å². The number of benzene rings is 1. The number of carboxylic acid groups (broad SMARTS) is 1. The van der Waals surface area contributed by atoms with Gasteiger partial charge in [-0.2, -0.15) is 23.0 Å². The smallest absolute Gasteiger partial charge is 0.416 e. The van der Waals surface area contributed by atoms with Crippen LogP contribution in [0.1, 0.15) is 34.5 Å². The largest absolute Gasteiger partial charge is 0.490 e. The highest BCUT2D eigenvalue weighted by molar-refractivity contribution is 5.86. The fraction of sp³-hybridized carbons (Fsp3) is 0.450. The highest BCUT2D eigenvalue weighted by Gasteiger charge is 2.44. The monoisotopic (exact) mass is 423 g/mol. The summed E-state index contributed by atoms with van der Waals surface area (Å²) >= 11 is 0. The zero-order valence-electron chi connectivity index (χ0n) is 16.1. The minimum Gasteiger partial charge on any atom is -0.490 e. The van der Waals surface area contributed by atoms with Crippen LogP contribution >= 0.6 is 0 Å². The van der Waals surface area contributed by atoms with Gasteiger partial charge in [0.25, 0.3) is 0 Å². The zero-order chi connectivity index (χ0) is 21.6. The molecule has 1 aliphatic heterocycles. The minimum absolute atomic E-state index is 0.114. The van der Waals surface area contributed by atoms with Crippen LogP contribution in [0, 0.1) is 18.8 Å². The molecule has 2 aromatic rings. The van der Waals surface area contributed by atoms with Gasteiger partial charge in [-0.25, -0.2) is 9.59 Å². The lowest BCUT2D eigenvalue weighted by molar-refractivity contribution is -0.138. The first-order chi connectivity index (χ1) is 14.1. The molecular weight excluding hydrogens is 403 g/mol. The number of carboxylic acids is 1. The van der Waals surface area contributed by atoms with Crippen molar-refractivity contribution in [3.63, 3.8) is 0 Å². The van der Waals surface area contributed by atoms with Crippen molar-refractivity contribution in [2.75, 3.05) is 13.1 Å². The Morgan fingerprint density at radius 3 is 2.37 bits per heavy atom. The second kappa shape index (κ2) is 7.33. The molecule has 1 aromatic carbocycles. The van der Waals surface area contributed by atoms with Crippen LogP contribution in [0.2, 0.25) is 0 Å². The van der Waals surface area contributed by atoms with Gasteiger partial charge in [0.15, 0.2) is 5.69 Å². The minimum atomic E-state index is -4.39. The molecule has 3 atom stereocenters. The number of nitrogens with zero attached hydrogens (tertiary/aromatic N) is 3. The molecule has 0 spiro atoms. The van der Waals surface area contributed by atoms with Crippen LogP contribution in [0.25, 0.3) is 0 Å². The number of ether oxygens (including phenoxy) is 1. The first-order valence-corrected chi connectivity index (χ1v) is 9.54. The molecule has 160 valence electrons. The Labute approximate surface area is 170 Å². The van der Waals surface area contributed by atoms with Crippen molar-refractivity contribution in [3.8, 4) is 5.75 Å². The standard InChI is InChI=1S/C20H20F3N3O4/c1-11-6-14(2-3-16(11)20(21,22)23)30-15-7-12-9-25(10-13(12)8-15)19(29)26-5-4-17(24-26)18(27)28/h2-6,12-13,15H,7-10H2,1H3,(H,27,28)/t12-,13+,15?. The van der Waals surface area contributed by atoms with Crippen molar-refractivity contribution in [1.29, 1.82) is 0 Å². The number of aromatic nitrogens is 2. The van der Waals surface area contributed by atoms with Gasteiger partial charge >= 0.3 is 18.2 Å². The number of carbonyl (C=O) groups excluding carboxylic acids is 1. The Morgan fingerprint density at radius 2 is 1.83 bits per heavy atom. The van der Waals surface area contributed by atoms with E-state index in [1.54, 1.807) is 4.90 Å². The van der Waals surface area contributed by atoms with E-state index in [1.165, 1.54) is 31.3 Å². The second-order valence-corrected chi connectivity index (χ2v) is 7.84. The Hall–Kier alpha value is -3.04. The molecule has 4 rings (SSSR count). The highest BCUT2D eigenvalue weighted by atomic mass is 19.4. The number of carbonyl (C=O) groups is 2. The molecular formula is C20H20F3N3O4. The van der Waals surface area contributed by atoms with Gasteiger partial charge in [0.2, 0.25) is 0 Å². The first kappa shape index (κ1) is 20.2. The summed E-state index contributed by atoms with van der Waals surface area (Å²) in [6, 6.07) is 4.69. The summed E-state index contributed by atoms with van der Waals surface area (Å²) < 4.78 is 45.6. The summed E-state index contributed by atoms with van der Waals surface area (Å²) in [4.78, 5) is 25.1. The Bertz CT molecular complexity index is 974. The van der Waals surface area contributed by atoms with E-state index >= 15 is 0 Å². The molecule has 2 aliphatic rings. The third-order valence-electron chi connectivity index (χ3n) is 5.79. The van der Waals surface area contributed by atoms with Gasteiger partial charge in [-0.15, -0.1) is 0 Å². The summed E-state index contributed by atoms with van der Waals surface area (Å²) in [6.45, 7) is 2.43. The Balaban J connectivity index is 1.35. The molecule has 2 fully saturated rings. The number of alkyl halides is 3. The predicted octanol–water partition coefficient (Wildman–Crippen LogP) is 3.67. The number of likely N-dealkylation sites (tertiary alicyclic amines) is 1. The molecule has 2 heterocycles. The predicted molar refractivity (Wildman–Crippen MR) is 98.4 cm³/mol. The molecule has 1 N–H and O–H groups in total. The lowest BCUT2D eigenvalue weighted by atomic mass is 10.0. The molecule has 7 nitrogen and oxygen atoms in total. The van der Waals surface area contributed by atoms with Gasteiger partial charge < -0.3 is 14.7 Å². The maximum absolute atomic E-state index is 12.9. The molecule has 1 saturated heterocycles. The van der Waals surface area contributed by atoms with Crippen LogP contribution in [-0.4, -0.2) is 51.0 Å². The number of aryl methyl sites for hydroxylation is 1. The van der Waals surface area contributed by atoms with E-state index < -0.39 is 17.7 Å². The highest BCUT2D eigenvalue weighted by Crippen LogP contribution is 2.40. The lowest BCUT2D eigenvalue weighted by Crippen LogP contribution is -2.34. The van der Waals surface area contributed by atoms with Crippen LogP contribution < -0.4 is 4.74 Å². The Morgan fingerprint density at radius 1 is 1.17 bits per heavy atom. The van der Waals surface area contributed by atoms with E-state index in [1.807, 2.05) is 0 Å². The molecule has 0 radical (unpaired) electrons. The number of fused-ring (bicyclic) bond motifs is 1. The van der Waals surface area contributed by atoms with E-state index in [0.29, 0.717) is 31.7 Å². The van der Waals surface area contributed by atoms with Crippen LogP contribution in [-0.2, 0) is 6.18 Å². The topological polar surface area (TPSA) is 84.7 Å². The molecule has 1 saturated carbocycles. The van der Waals surface area contributed by atoms with Crippen LogP contribution in [0.4, 0.5) is 18.0 Å². The van der Waals surface area contributed by atoms with E-state index in [-0.39, 0.29) is 35.2 Å². The number of amides is 1. The van der Waals surface area contributed by atoms with Crippen LogP contribution in [0.5, 0.6) is 5.75 Å².